The Hall–Kier alpha value is -2.81. The normalized spacial score (nSPS) is 17.8. The molecular formula is C21H30N4O5. The fourth-order valence-corrected chi connectivity index (χ4v) is 3.87. The summed E-state index contributed by atoms with van der Waals surface area (Å²) in [6.45, 7) is 1.94. The standard InChI is InChI=1S/C21H30N4O5/c1-23(2)9-7-22-19(26)6-5-8-24-20(27)16-10-14-11-17(29-3)18(30-4)12-15(14)13-25(16)21(24)28/h11-12,16H,5-10,13H2,1-4H3,(H,22,26)/t16-/m1/s1. The number of methoxy groups -OCH3 is 2. The maximum atomic E-state index is 12.9. The Kier molecular flexibility index (Phi) is 6.81. The van der Waals surface area contributed by atoms with Crippen molar-refractivity contribution in [2.24, 2.45) is 0 Å². The lowest BCUT2D eigenvalue weighted by atomic mass is 9.94. The van der Waals surface area contributed by atoms with Gasteiger partial charge in [-0.3, -0.25) is 14.5 Å². The van der Waals surface area contributed by atoms with Crippen LogP contribution in [0.5, 0.6) is 11.5 Å². The van der Waals surface area contributed by atoms with Gasteiger partial charge in [0.15, 0.2) is 11.5 Å². The third-order valence-corrected chi connectivity index (χ3v) is 5.53. The number of imide groups is 1. The van der Waals surface area contributed by atoms with E-state index in [4.69, 9.17) is 9.47 Å². The molecule has 0 radical (unpaired) electrons. The number of likely N-dealkylation sites (N-methyl/N-ethyl adjacent to an activating group) is 1. The maximum absolute atomic E-state index is 12.9. The molecule has 1 aromatic rings. The Bertz CT molecular complexity index is 775. The summed E-state index contributed by atoms with van der Waals surface area (Å²) in [5, 5.41) is 2.84. The second kappa shape index (κ2) is 9.34. The Labute approximate surface area is 176 Å². The number of nitrogens with zero attached hydrogens (tertiary/aromatic N) is 3. The molecule has 0 saturated carbocycles. The monoisotopic (exact) mass is 418 g/mol. The number of urea groups is 1. The van der Waals surface area contributed by atoms with Crippen LogP contribution in [0, 0.1) is 0 Å². The van der Waals surface area contributed by atoms with Gasteiger partial charge in [0.1, 0.15) is 6.04 Å². The van der Waals surface area contributed by atoms with Crippen LogP contribution in [0.2, 0.25) is 0 Å². The van der Waals surface area contributed by atoms with Crippen molar-refractivity contribution in [1.29, 1.82) is 0 Å². The molecule has 1 saturated heterocycles. The van der Waals surface area contributed by atoms with Crippen LogP contribution in [-0.4, -0.2) is 86.5 Å². The zero-order valence-electron chi connectivity index (χ0n) is 18.1. The van der Waals surface area contributed by atoms with Crippen LogP contribution >= 0.6 is 0 Å². The minimum absolute atomic E-state index is 0.0692. The number of nitrogens with one attached hydrogen (secondary N) is 1. The van der Waals surface area contributed by atoms with Crippen molar-refractivity contribution in [3.63, 3.8) is 0 Å². The Morgan fingerprint density at radius 1 is 1.17 bits per heavy atom. The van der Waals surface area contributed by atoms with E-state index >= 15 is 0 Å². The molecule has 4 amide bonds. The first-order chi connectivity index (χ1) is 14.3. The zero-order valence-corrected chi connectivity index (χ0v) is 18.1. The van der Waals surface area contributed by atoms with E-state index in [1.54, 1.807) is 19.1 Å². The van der Waals surface area contributed by atoms with E-state index in [2.05, 4.69) is 5.32 Å². The van der Waals surface area contributed by atoms with Crippen LogP contribution in [0.25, 0.3) is 0 Å². The summed E-state index contributed by atoms with van der Waals surface area (Å²) < 4.78 is 10.7. The second-order valence-corrected chi connectivity index (χ2v) is 7.85. The first-order valence-electron chi connectivity index (χ1n) is 10.1. The van der Waals surface area contributed by atoms with Crippen molar-refractivity contribution < 1.29 is 23.9 Å². The number of ether oxygens (including phenoxy) is 2. The van der Waals surface area contributed by atoms with E-state index in [-0.39, 0.29) is 30.8 Å². The van der Waals surface area contributed by atoms with Crippen molar-refractivity contribution >= 4 is 17.8 Å². The van der Waals surface area contributed by atoms with Crippen molar-refractivity contribution in [3.05, 3.63) is 23.3 Å². The molecular weight excluding hydrogens is 388 g/mol. The number of carbonyl (C=O) groups excluding carboxylic acids is 3. The summed E-state index contributed by atoms with van der Waals surface area (Å²) in [5.41, 5.74) is 1.93. The zero-order chi connectivity index (χ0) is 21.8. The van der Waals surface area contributed by atoms with Crippen LogP contribution < -0.4 is 14.8 Å². The van der Waals surface area contributed by atoms with Gasteiger partial charge < -0.3 is 24.6 Å². The van der Waals surface area contributed by atoms with Crippen molar-refractivity contribution in [2.75, 3.05) is 47.9 Å². The summed E-state index contributed by atoms with van der Waals surface area (Å²) in [6.07, 6.45) is 1.17. The molecule has 9 nitrogen and oxygen atoms in total. The number of fused-ring (bicyclic) bond motifs is 2. The summed E-state index contributed by atoms with van der Waals surface area (Å²) in [6, 6.07) is 2.95. The van der Waals surface area contributed by atoms with E-state index in [0.717, 1.165) is 17.7 Å². The van der Waals surface area contributed by atoms with E-state index in [1.807, 2.05) is 31.1 Å². The van der Waals surface area contributed by atoms with Gasteiger partial charge in [0.05, 0.1) is 14.2 Å². The van der Waals surface area contributed by atoms with Crippen LogP contribution in [0.3, 0.4) is 0 Å². The Morgan fingerprint density at radius 2 is 1.83 bits per heavy atom. The minimum atomic E-state index is -0.503. The molecule has 1 aromatic carbocycles. The molecule has 1 fully saturated rings. The molecule has 2 heterocycles. The minimum Gasteiger partial charge on any atom is -0.493 e. The SMILES string of the molecule is COc1cc2c(cc1OC)CN1C(=O)N(CCCC(=O)NCCN(C)C)C(=O)[C@H]1C2. The molecule has 3 rings (SSSR count). The highest BCUT2D eigenvalue weighted by molar-refractivity contribution is 6.04. The molecule has 2 aliphatic rings. The average Bonchev–Trinajstić information content (AvgIpc) is 2.95. The van der Waals surface area contributed by atoms with Crippen molar-refractivity contribution in [3.8, 4) is 11.5 Å². The molecule has 0 spiro atoms. The lowest BCUT2D eigenvalue weighted by Gasteiger charge is -2.29. The lowest BCUT2D eigenvalue weighted by Crippen LogP contribution is -2.40. The van der Waals surface area contributed by atoms with Gasteiger partial charge in [-0.05, 0) is 43.8 Å². The first kappa shape index (κ1) is 21.9. The highest BCUT2D eigenvalue weighted by Crippen LogP contribution is 2.37. The van der Waals surface area contributed by atoms with Gasteiger partial charge in [0.25, 0.3) is 5.91 Å². The highest BCUT2D eigenvalue weighted by atomic mass is 16.5. The summed E-state index contributed by atoms with van der Waals surface area (Å²) in [4.78, 5) is 42.5. The number of hydrogen-bond donors (Lipinski definition) is 1. The molecule has 0 aliphatic carbocycles. The Morgan fingerprint density at radius 3 is 2.47 bits per heavy atom. The second-order valence-electron chi connectivity index (χ2n) is 7.85. The predicted molar refractivity (Wildman–Crippen MR) is 110 cm³/mol. The van der Waals surface area contributed by atoms with Gasteiger partial charge in [0.2, 0.25) is 5.91 Å². The molecule has 0 unspecified atom stereocenters. The maximum Gasteiger partial charge on any atom is 0.327 e. The molecule has 2 aliphatic heterocycles. The molecule has 0 bridgehead atoms. The third-order valence-electron chi connectivity index (χ3n) is 5.53. The van der Waals surface area contributed by atoms with Crippen molar-refractivity contribution in [2.45, 2.75) is 31.8 Å². The average molecular weight is 418 g/mol. The van der Waals surface area contributed by atoms with E-state index in [0.29, 0.717) is 37.4 Å². The number of hydrogen-bond acceptors (Lipinski definition) is 6. The van der Waals surface area contributed by atoms with E-state index < -0.39 is 6.04 Å². The van der Waals surface area contributed by atoms with Gasteiger partial charge in [-0.25, -0.2) is 4.79 Å². The highest BCUT2D eigenvalue weighted by Gasteiger charge is 2.47. The summed E-state index contributed by atoms with van der Waals surface area (Å²) in [7, 11) is 7.02. The number of amides is 4. The third kappa shape index (κ3) is 4.51. The largest absolute Gasteiger partial charge is 0.493 e. The van der Waals surface area contributed by atoms with E-state index in [9.17, 15) is 14.4 Å². The fourth-order valence-electron chi connectivity index (χ4n) is 3.87. The van der Waals surface area contributed by atoms with Gasteiger partial charge in [-0.2, -0.15) is 0 Å². The van der Waals surface area contributed by atoms with Crippen LogP contribution in [0.4, 0.5) is 4.79 Å². The van der Waals surface area contributed by atoms with E-state index in [1.165, 1.54) is 4.90 Å². The molecule has 1 atom stereocenters. The smallest absolute Gasteiger partial charge is 0.327 e. The quantitative estimate of drug-likeness (QED) is 0.598. The molecule has 9 heteroatoms. The topological polar surface area (TPSA) is 91.4 Å². The van der Waals surface area contributed by atoms with Gasteiger partial charge in [-0.15, -0.1) is 0 Å². The van der Waals surface area contributed by atoms with Crippen LogP contribution in [-0.2, 0) is 22.6 Å². The molecule has 30 heavy (non-hydrogen) atoms. The van der Waals surface area contributed by atoms with Gasteiger partial charge >= 0.3 is 6.03 Å². The first-order valence-corrected chi connectivity index (χ1v) is 10.1. The number of carbonyl (C=O) groups is 3. The van der Waals surface area contributed by atoms with Gasteiger partial charge in [0, 0.05) is 39.0 Å². The molecule has 0 aromatic heterocycles. The Balaban J connectivity index is 1.59. The summed E-state index contributed by atoms with van der Waals surface area (Å²) >= 11 is 0. The summed E-state index contributed by atoms with van der Waals surface area (Å²) in [5.74, 6) is 0.942. The molecule has 164 valence electrons. The number of rotatable bonds is 9. The fraction of sp³-hybridized carbons (Fsp3) is 0.571. The van der Waals surface area contributed by atoms with Crippen LogP contribution in [0.15, 0.2) is 12.1 Å². The van der Waals surface area contributed by atoms with Crippen molar-refractivity contribution in [1.82, 2.24) is 20.0 Å². The van der Waals surface area contributed by atoms with Crippen LogP contribution in [0.1, 0.15) is 24.0 Å². The molecule has 1 N–H and O–H groups in total. The lowest BCUT2D eigenvalue weighted by molar-refractivity contribution is -0.129. The van der Waals surface area contributed by atoms with Gasteiger partial charge in [-0.1, -0.05) is 0 Å². The number of benzene rings is 1. The predicted octanol–water partition coefficient (Wildman–Crippen LogP) is 0.851.